The third-order valence-corrected chi connectivity index (χ3v) is 6.04. The summed E-state index contributed by atoms with van der Waals surface area (Å²) in [5.74, 6) is 1.05. The van der Waals surface area contributed by atoms with E-state index in [4.69, 9.17) is 14.5 Å². The van der Waals surface area contributed by atoms with Gasteiger partial charge in [0.1, 0.15) is 36.2 Å². The highest BCUT2D eigenvalue weighted by atomic mass is 16.5. The molecule has 7 heteroatoms. The number of hydrogen-bond acceptors (Lipinski definition) is 6. The van der Waals surface area contributed by atoms with Gasteiger partial charge in [-0.3, -0.25) is 4.99 Å². The van der Waals surface area contributed by atoms with Crippen LogP contribution >= 0.6 is 0 Å². The smallest absolute Gasteiger partial charge is 0.351 e. The van der Waals surface area contributed by atoms with Crippen LogP contribution in [0.15, 0.2) is 125 Å². The molecular formula is C32H27N3O4. The van der Waals surface area contributed by atoms with E-state index in [0.717, 1.165) is 28.2 Å². The first kappa shape index (κ1) is 25.5. The molecular weight excluding hydrogens is 490 g/mol. The van der Waals surface area contributed by atoms with Crippen molar-refractivity contribution < 1.29 is 19.4 Å². The van der Waals surface area contributed by atoms with E-state index in [1.54, 1.807) is 5.01 Å². The highest BCUT2D eigenvalue weighted by Gasteiger charge is 2.22. The van der Waals surface area contributed by atoms with Gasteiger partial charge in [-0.15, -0.1) is 0 Å². The number of carboxylic acids is 1. The monoisotopic (exact) mass is 517 g/mol. The van der Waals surface area contributed by atoms with Crippen molar-refractivity contribution in [3.8, 4) is 17.2 Å². The van der Waals surface area contributed by atoms with Crippen molar-refractivity contribution in [2.45, 2.75) is 13.5 Å². The zero-order chi connectivity index (χ0) is 27.0. The Kier molecular flexibility index (Phi) is 7.79. The van der Waals surface area contributed by atoms with Crippen LogP contribution in [0.1, 0.15) is 23.6 Å². The molecule has 0 amide bonds. The number of ether oxygens (including phenoxy) is 2. The average molecular weight is 518 g/mol. The van der Waals surface area contributed by atoms with Gasteiger partial charge >= 0.3 is 5.97 Å². The van der Waals surface area contributed by atoms with E-state index in [2.05, 4.69) is 5.10 Å². The van der Waals surface area contributed by atoms with Crippen LogP contribution in [0.5, 0.6) is 17.2 Å². The number of aliphatic imine (C=N–C) groups is 1. The topological polar surface area (TPSA) is 83.7 Å². The maximum Gasteiger partial charge on any atom is 0.351 e. The number of aliphatic carboxylic acids is 1. The largest absolute Gasteiger partial charge is 0.488 e. The Labute approximate surface area is 227 Å². The van der Waals surface area contributed by atoms with Crippen LogP contribution in [-0.4, -0.2) is 34.2 Å². The Morgan fingerprint density at radius 1 is 0.872 bits per heavy atom. The van der Waals surface area contributed by atoms with E-state index >= 15 is 0 Å². The molecule has 7 nitrogen and oxygen atoms in total. The summed E-state index contributed by atoms with van der Waals surface area (Å²) in [7, 11) is 0. The Morgan fingerprint density at radius 3 is 2.23 bits per heavy atom. The second-order valence-corrected chi connectivity index (χ2v) is 8.81. The van der Waals surface area contributed by atoms with Crippen molar-refractivity contribution in [3.63, 3.8) is 0 Å². The molecule has 0 unspecified atom stereocenters. The van der Waals surface area contributed by atoms with Crippen molar-refractivity contribution in [3.05, 3.63) is 132 Å². The molecule has 1 aliphatic rings. The number of nitrogens with zero attached hydrogens (tertiary/aromatic N) is 3. The summed E-state index contributed by atoms with van der Waals surface area (Å²) in [5.41, 5.74) is 4.12. The van der Waals surface area contributed by atoms with E-state index in [-0.39, 0.29) is 12.4 Å². The third-order valence-electron chi connectivity index (χ3n) is 6.04. The zero-order valence-electron chi connectivity index (χ0n) is 21.4. The Bertz CT molecular complexity index is 1530. The molecule has 0 fully saturated rings. The SMILES string of the molecule is C/C(=N\N1CN=C(c2ccc(Oc3ccccc3)cc2)C=C1c1ccccc1OCc1ccccc1)C(=O)O. The van der Waals surface area contributed by atoms with Gasteiger partial charge in [0.05, 0.1) is 11.4 Å². The van der Waals surface area contributed by atoms with Crippen molar-refractivity contribution in [1.82, 2.24) is 5.01 Å². The van der Waals surface area contributed by atoms with Crippen molar-refractivity contribution in [1.29, 1.82) is 0 Å². The van der Waals surface area contributed by atoms with Gasteiger partial charge in [-0.2, -0.15) is 5.10 Å². The van der Waals surface area contributed by atoms with Crippen LogP contribution in [0.25, 0.3) is 5.70 Å². The molecule has 0 bridgehead atoms. The molecule has 0 saturated carbocycles. The normalized spacial score (nSPS) is 13.4. The standard InChI is InChI=1S/C32H27N3O4/c1-23(32(36)37)34-35-22-33-29(25-16-18-27(19-17-25)39-26-12-6-3-7-13-26)20-30(35)28-14-8-9-15-31(28)38-21-24-10-4-2-5-11-24/h2-20H,21-22H2,1H3,(H,36,37)/b34-23+. The first-order valence-electron chi connectivity index (χ1n) is 12.5. The van der Waals surface area contributed by atoms with Gasteiger partial charge in [-0.05, 0) is 67.1 Å². The molecule has 0 radical (unpaired) electrons. The van der Waals surface area contributed by atoms with Gasteiger partial charge in [0.25, 0.3) is 0 Å². The second-order valence-electron chi connectivity index (χ2n) is 8.81. The van der Waals surface area contributed by atoms with E-state index in [1.165, 1.54) is 6.92 Å². The number of carboxylic acid groups (broad SMARTS) is 1. The number of rotatable bonds is 9. The van der Waals surface area contributed by atoms with Gasteiger partial charge in [0, 0.05) is 11.1 Å². The molecule has 194 valence electrons. The predicted octanol–water partition coefficient (Wildman–Crippen LogP) is 6.62. The molecule has 4 aromatic rings. The number of benzene rings is 4. The predicted molar refractivity (Wildman–Crippen MR) is 152 cm³/mol. The van der Waals surface area contributed by atoms with Crippen molar-refractivity contribution in [2.24, 2.45) is 10.1 Å². The number of carbonyl (C=O) groups is 1. The number of allylic oxidation sites excluding steroid dienone is 1. The lowest BCUT2D eigenvalue weighted by Crippen LogP contribution is -2.25. The van der Waals surface area contributed by atoms with E-state index in [1.807, 2.05) is 115 Å². The maximum absolute atomic E-state index is 11.5. The van der Waals surface area contributed by atoms with Crippen LogP contribution in [-0.2, 0) is 11.4 Å². The second kappa shape index (κ2) is 11.9. The fourth-order valence-electron chi connectivity index (χ4n) is 4.03. The van der Waals surface area contributed by atoms with Crippen LogP contribution in [0.2, 0.25) is 0 Å². The number of hydrazone groups is 1. The zero-order valence-corrected chi connectivity index (χ0v) is 21.4. The molecule has 1 N–H and O–H groups in total. The lowest BCUT2D eigenvalue weighted by atomic mass is 10.0. The minimum absolute atomic E-state index is 0.0374. The average Bonchev–Trinajstić information content (AvgIpc) is 2.98. The fraction of sp³-hybridized carbons (Fsp3) is 0.0938. The summed E-state index contributed by atoms with van der Waals surface area (Å²) in [5, 5.41) is 15.4. The van der Waals surface area contributed by atoms with E-state index in [0.29, 0.717) is 23.8 Å². The minimum atomic E-state index is -1.09. The van der Waals surface area contributed by atoms with Crippen molar-refractivity contribution >= 4 is 23.1 Å². The van der Waals surface area contributed by atoms with Crippen molar-refractivity contribution in [2.75, 3.05) is 6.67 Å². The number of para-hydroxylation sites is 2. The summed E-state index contributed by atoms with van der Waals surface area (Å²) in [6.45, 7) is 2.01. The lowest BCUT2D eigenvalue weighted by molar-refractivity contribution is -0.129. The van der Waals surface area contributed by atoms with Crippen LogP contribution in [0.3, 0.4) is 0 Å². The van der Waals surface area contributed by atoms with Gasteiger partial charge in [-0.1, -0.05) is 60.7 Å². The van der Waals surface area contributed by atoms with Gasteiger partial charge in [0.2, 0.25) is 0 Å². The van der Waals surface area contributed by atoms with Gasteiger partial charge in [-0.25, -0.2) is 9.80 Å². The maximum atomic E-state index is 11.5. The highest BCUT2D eigenvalue weighted by molar-refractivity contribution is 6.34. The van der Waals surface area contributed by atoms with E-state index in [9.17, 15) is 9.90 Å². The Balaban J connectivity index is 1.46. The first-order chi connectivity index (χ1) is 19.1. The quantitative estimate of drug-likeness (QED) is 0.252. The van der Waals surface area contributed by atoms with Crippen LogP contribution in [0.4, 0.5) is 0 Å². The van der Waals surface area contributed by atoms with E-state index < -0.39 is 5.97 Å². The molecule has 4 aromatic carbocycles. The minimum Gasteiger partial charge on any atom is -0.488 e. The molecule has 0 atom stereocenters. The highest BCUT2D eigenvalue weighted by Crippen LogP contribution is 2.32. The van der Waals surface area contributed by atoms with Gasteiger partial charge in [0.15, 0.2) is 0 Å². The molecule has 0 saturated heterocycles. The third kappa shape index (κ3) is 6.40. The van der Waals surface area contributed by atoms with Crippen LogP contribution < -0.4 is 9.47 Å². The Hall–Kier alpha value is -5.17. The molecule has 39 heavy (non-hydrogen) atoms. The molecule has 0 spiro atoms. The van der Waals surface area contributed by atoms with Crippen LogP contribution in [0, 0.1) is 0 Å². The summed E-state index contributed by atoms with van der Waals surface area (Å²) in [4.78, 5) is 16.2. The summed E-state index contributed by atoms with van der Waals surface area (Å²) < 4.78 is 12.1. The molecule has 0 aliphatic carbocycles. The fourth-order valence-corrected chi connectivity index (χ4v) is 4.03. The summed E-state index contributed by atoms with van der Waals surface area (Å²) >= 11 is 0. The number of hydrogen-bond donors (Lipinski definition) is 1. The lowest BCUT2D eigenvalue weighted by Gasteiger charge is -2.26. The molecule has 1 heterocycles. The summed E-state index contributed by atoms with van der Waals surface area (Å²) in [6.07, 6.45) is 1.90. The van der Waals surface area contributed by atoms with Gasteiger partial charge < -0.3 is 14.6 Å². The molecule has 1 aliphatic heterocycles. The Morgan fingerprint density at radius 2 is 1.51 bits per heavy atom. The first-order valence-corrected chi connectivity index (χ1v) is 12.5. The molecule has 0 aromatic heterocycles. The molecule has 5 rings (SSSR count). The summed E-state index contributed by atoms with van der Waals surface area (Å²) in [6, 6.07) is 34.9.